The number of ketones is 1. The van der Waals surface area contributed by atoms with Gasteiger partial charge in [-0.15, -0.1) is 0 Å². The molecule has 0 radical (unpaired) electrons. The molecule has 1 aliphatic carbocycles. The fourth-order valence-electron chi connectivity index (χ4n) is 5.70. The number of carbonyl (C=O) groups excluding carboxylic acids is 4. The maximum Gasteiger partial charge on any atom is 0.229 e. The van der Waals surface area contributed by atoms with E-state index in [2.05, 4.69) is 15.5 Å². The van der Waals surface area contributed by atoms with Crippen LogP contribution in [0.25, 0.3) is 0 Å². The third-order valence-electron chi connectivity index (χ3n) is 8.02. The Bertz CT molecular complexity index is 1260. The highest BCUT2D eigenvalue weighted by Gasteiger charge is 2.33. The molecule has 0 saturated carbocycles. The van der Waals surface area contributed by atoms with Crippen molar-refractivity contribution in [2.75, 3.05) is 39.5 Å². The van der Waals surface area contributed by atoms with Crippen LogP contribution in [-0.4, -0.2) is 67.9 Å². The van der Waals surface area contributed by atoms with Gasteiger partial charge in [0.1, 0.15) is 12.4 Å². The van der Waals surface area contributed by atoms with Crippen LogP contribution in [0.4, 0.5) is 0 Å². The zero-order valence-corrected chi connectivity index (χ0v) is 22.8. The maximum atomic E-state index is 12.9. The molecule has 5 rings (SSSR count). The van der Waals surface area contributed by atoms with Crippen LogP contribution in [0.15, 0.2) is 42.5 Å². The number of hydrogen-bond acceptors (Lipinski definition) is 7. The highest BCUT2D eigenvalue weighted by Crippen LogP contribution is 2.32. The number of Topliss-reactive ketones (excluding diaryl/α,β-unsaturated/α-hetero) is 1. The topological polar surface area (TPSA) is 114 Å². The number of hydrogen-bond donors (Lipinski definition) is 2. The number of nitrogens with zero attached hydrogens (tertiary/aromatic N) is 1. The van der Waals surface area contributed by atoms with Crippen molar-refractivity contribution >= 4 is 23.5 Å². The van der Waals surface area contributed by atoms with Crippen molar-refractivity contribution in [1.29, 1.82) is 0 Å². The van der Waals surface area contributed by atoms with E-state index in [0.29, 0.717) is 45.3 Å². The molecule has 212 valence electrons. The molecule has 2 unspecified atom stereocenters. The number of nitrogens with one attached hydrogen (secondary N) is 2. The Balaban J connectivity index is 1.06. The van der Waals surface area contributed by atoms with E-state index in [4.69, 9.17) is 9.47 Å². The van der Waals surface area contributed by atoms with Gasteiger partial charge in [-0.1, -0.05) is 30.3 Å². The number of carbonyl (C=O) groups is 4. The quantitative estimate of drug-likeness (QED) is 0.416. The van der Waals surface area contributed by atoms with E-state index in [1.807, 2.05) is 42.5 Å². The summed E-state index contributed by atoms with van der Waals surface area (Å²) < 4.78 is 11.3. The summed E-state index contributed by atoms with van der Waals surface area (Å²) in [6.45, 7) is 5.21. The summed E-state index contributed by atoms with van der Waals surface area (Å²) in [5, 5.41) is 5.38. The first-order chi connectivity index (χ1) is 19.4. The van der Waals surface area contributed by atoms with E-state index in [1.54, 1.807) is 0 Å². The number of morpholine rings is 1. The molecule has 2 saturated heterocycles. The van der Waals surface area contributed by atoms with Crippen LogP contribution in [-0.2, 0) is 38.5 Å². The van der Waals surface area contributed by atoms with Crippen LogP contribution in [0.1, 0.15) is 52.7 Å². The third-order valence-corrected chi connectivity index (χ3v) is 8.02. The molecule has 2 aliphatic heterocycles. The number of rotatable bonds is 11. The van der Waals surface area contributed by atoms with E-state index < -0.39 is 0 Å². The number of ether oxygens (including phenoxy) is 2. The number of benzene rings is 2. The average molecular weight is 548 g/mol. The van der Waals surface area contributed by atoms with E-state index in [0.717, 1.165) is 60.9 Å². The molecule has 0 spiro atoms. The summed E-state index contributed by atoms with van der Waals surface area (Å²) >= 11 is 0. The predicted octanol–water partition coefficient (Wildman–Crippen LogP) is 2.44. The minimum absolute atomic E-state index is 0.0795. The van der Waals surface area contributed by atoms with Crippen molar-refractivity contribution in [1.82, 2.24) is 15.5 Å². The fourth-order valence-corrected chi connectivity index (χ4v) is 5.70. The second-order valence-electron chi connectivity index (χ2n) is 10.9. The van der Waals surface area contributed by atoms with Gasteiger partial charge in [0.05, 0.1) is 19.6 Å². The standard InChI is InChI=1S/C31H37N3O6/c35-28-9-7-23(31(38)33-28)5-6-24-19-25-16-22(4-8-27(25)30(24)37)20-32-29(36)18-21-2-1-3-26(17-21)40-15-12-34-10-13-39-14-11-34/h1-4,8,16-17,23-24H,5-7,9-15,18-20H2,(H,32,36)(H,33,35,38). The Hall–Kier alpha value is -3.56. The van der Waals surface area contributed by atoms with E-state index in [9.17, 15) is 19.2 Å². The normalized spacial score (nSPS) is 21.1. The Morgan fingerprint density at radius 2 is 1.85 bits per heavy atom. The van der Waals surface area contributed by atoms with Gasteiger partial charge >= 0.3 is 0 Å². The number of imide groups is 1. The Labute approximate surface area is 234 Å². The molecular weight excluding hydrogens is 510 g/mol. The lowest BCUT2D eigenvalue weighted by Gasteiger charge is -2.26. The molecule has 40 heavy (non-hydrogen) atoms. The second-order valence-corrected chi connectivity index (χ2v) is 10.9. The Kier molecular flexibility index (Phi) is 9.23. The minimum atomic E-state index is -0.222. The van der Waals surface area contributed by atoms with Crippen molar-refractivity contribution < 1.29 is 28.7 Å². The molecule has 2 fully saturated rings. The summed E-state index contributed by atoms with van der Waals surface area (Å²) in [7, 11) is 0. The lowest BCUT2D eigenvalue weighted by molar-refractivity contribution is -0.136. The second kappa shape index (κ2) is 13.2. The summed E-state index contributed by atoms with van der Waals surface area (Å²) in [4.78, 5) is 51.3. The van der Waals surface area contributed by atoms with E-state index in [1.165, 1.54) is 0 Å². The zero-order valence-electron chi connectivity index (χ0n) is 22.8. The SMILES string of the molecule is O=C(Cc1cccc(OCCN2CCOCC2)c1)NCc1ccc2c(c1)CC(CCC1CCC(=O)NC1=O)C2=O. The largest absolute Gasteiger partial charge is 0.492 e. The molecule has 3 aliphatic rings. The van der Waals surface area contributed by atoms with Gasteiger partial charge in [-0.25, -0.2) is 0 Å². The first kappa shape index (κ1) is 28.0. The first-order valence-corrected chi connectivity index (χ1v) is 14.2. The highest BCUT2D eigenvalue weighted by molar-refractivity contribution is 6.02. The molecule has 2 atom stereocenters. The van der Waals surface area contributed by atoms with Gasteiger partial charge < -0.3 is 14.8 Å². The molecule has 0 bridgehead atoms. The van der Waals surface area contributed by atoms with Gasteiger partial charge in [0.15, 0.2) is 5.78 Å². The van der Waals surface area contributed by atoms with Crippen molar-refractivity contribution in [2.45, 2.75) is 45.1 Å². The van der Waals surface area contributed by atoms with Crippen LogP contribution >= 0.6 is 0 Å². The summed E-state index contributed by atoms with van der Waals surface area (Å²) in [6, 6.07) is 13.4. The monoisotopic (exact) mass is 547 g/mol. The van der Waals surface area contributed by atoms with Crippen LogP contribution in [0.2, 0.25) is 0 Å². The van der Waals surface area contributed by atoms with Gasteiger partial charge in [0.25, 0.3) is 0 Å². The summed E-state index contributed by atoms with van der Waals surface area (Å²) in [5.41, 5.74) is 3.56. The molecule has 0 aromatic heterocycles. The smallest absolute Gasteiger partial charge is 0.229 e. The average Bonchev–Trinajstić information content (AvgIpc) is 3.26. The molecule has 3 amide bonds. The molecule has 9 nitrogen and oxygen atoms in total. The molecule has 2 aromatic carbocycles. The lowest BCUT2D eigenvalue weighted by Crippen LogP contribution is -2.40. The minimum Gasteiger partial charge on any atom is -0.492 e. The fraction of sp³-hybridized carbons (Fsp3) is 0.484. The summed E-state index contributed by atoms with van der Waals surface area (Å²) in [5.74, 6) is 0.00203. The number of fused-ring (bicyclic) bond motifs is 1. The highest BCUT2D eigenvalue weighted by atomic mass is 16.5. The van der Waals surface area contributed by atoms with Gasteiger partial charge in [0, 0.05) is 50.0 Å². The molecule has 2 heterocycles. The van der Waals surface area contributed by atoms with Gasteiger partial charge in [0.2, 0.25) is 17.7 Å². The molecule has 9 heteroatoms. The summed E-state index contributed by atoms with van der Waals surface area (Å²) in [6.07, 6.45) is 3.04. The predicted molar refractivity (Wildman–Crippen MR) is 148 cm³/mol. The van der Waals surface area contributed by atoms with Gasteiger partial charge in [-0.05, 0) is 54.5 Å². The number of amides is 3. The third kappa shape index (κ3) is 7.34. The molecule has 2 N–H and O–H groups in total. The van der Waals surface area contributed by atoms with Crippen LogP contribution in [0, 0.1) is 11.8 Å². The molecule has 2 aromatic rings. The van der Waals surface area contributed by atoms with Crippen molar-refractivity contribution in [3.8, 4) is 5.75 Å². The van der Waals surface area contributed by atoms with Crippen LogP contribution in [0.3, 0.4) is 0 Å². The van der Waals surface area contributed by atoms with E-state index in [-0.39, 0.29) is 41.8 Å². The van der Waals surface area contributed by atoms with Crippen molar-refractivity contribution in [2.24, 2.45) is 11.8 Å². The Morgan fingerprint density at radius 3 is 2.67 bits per heavy atom. The van der Waals surface area contributed by atoms with Crippen LogP contribution < -0.4 is 15.4 Å². The Morgan fingerprint density at radius 1 is 1.02 bits per heavy atom. The van der Waals surface area contributed by atoms with E-state index >= 15 is 0 Å². The number of piperidine rings is 1. The lowest BCUT2D eigenvalue weighted by atomic mass is 9.88. The zero-order chi connectivity index (χ0) is 27.9. The van der Waals surface area contributed by atoms with Crippen LogP contribution in [0.5, 0.6) is 5.75 Å². The first-order valence-electron chi connectivity index (χ1n) is 14.2. The van der Waals surface area contributed by atoms with Gasteiger partial charge in [-0.2, -0.15) is 0 Å². The molecular formula is C31H37N3O6. The maximum absolute atomic E-state index is 12.9. The van der Waals surface area contributed by atoms with Crippen molar-refractivity contribution in [3.63, 3.8) is 0 Å². The van der Waals surface area contributed by atoms with Gasteiger partial charge in [-0.3, -0.25) is 29.4 Å². The van der Waals surface area contributed by atoms with Crippen molar-refractivity contribution in [3.05, 3.63) is 64.7 Å².